The summed E-state index contributed by atoms with van der Waals surface area (Å²) in [5.41, 5.74) is 0. The van der Waals surface area contributed by atoms with Gasteiger partial charge in [-0.3, -0.25) is 0 Å². The molecule has 2 heteroatoms. The third-order valence-electron chi connectivity index (χ3n) is 3.89. The Kier molecular flexibility index (Phi) is 7.14. The molecule has 0 radical (unpaired) electrons. The monoisotopic (exact) mass is 241 g/mol. The third kappa shape index (κ3) is 6.42. The van der Waals surface area contributed by atoms with Crippen molar-refractivity contribution < 1.29 is 4.74 Å². The van der Waals surface area contributed by atoms with Gasteiger partial charge in [0, 0.05) is 19.3 Å². The van der Waals surface area contributed by atoms with E-state index < -0.39 is 0 Å². The number of ether oxygens (including phenoxy) is 1. The van der Waals surface area contributed by atoms with Crippen LogP contribution in [-0.2, 0) is 4.74 Å². The van der Waals surface area contributed by atoms with E-state index in [1.165, 1.54) is 38.8 Å². The van der Waals surface area contributed by atoms with Crippen molar-refractivity contribution in [1.82, 2.24) is 4.90 Å². The lowest BCUT2D eigenvalue weighted by Crippen LogP contribution is -2.38. The first-order valence-corrected chi connectivity index (χ1v) is 7.41. The minimum atomic E-state index is 0.721. The van der Waals surface area contributed by atoms with Gasteiger partial charge in [-0.1, -0.05) is 13.8 Å². The molecule has 1 aliphatic heterocycles. The molecule has 1 saturated heterocycles. The van der Waals surface area contributed by atoms with E-state index >= 15 is 0 Å². The van der Waals surface area contributed by atoms with Gasteiger partial charge >= 0.3 is 0 Å². The lowest BCUT2D eigenvalue weighted by atomic mass is 9.93. The van der Waals surface area contributed by atoms with Crippen LogP contribution in [0.3, 0.4) is 0 Å². The number of likely N-dealkylation sites (tertiary alicyclic amines) is 1. The minimum Gasteiger partial charge on any atom is -0.381 e. The van der Waals surface area contributed by atoms with Gasteiger partial charge in [0.15, 0.2) is 0 Å². The van der Waals surface area contributed by atoms with Crippen LogP contribution in [-0.4, -0.2) is 37.2 Å². The summed E-state index contributed by atoms with van der Waals surface area (Å²) in [6.07, 6.45) is 5.20. The third-order valence-corrected chi connectivity index (χ3v) is 3.89. The van der Waals surface area contributed by atoms with Gasteiger partial charge < -0.3 is 9.64 Å². The first-order valence-electron chi connectivity index (χ1n) is 7.41. The highest BCUT2D eigenvalue weighted by Crippen LogP contribution is 2.21. The second-order valence-electron chi connectivity index (χ2n) is 6.16. The van der Waals surface area contributed by atoms with Crippen molar-refractivity contribution in [2.75, 3.05) is 26.3 Å². The van der Waals surface area contributed by atoms with E-state index in [0.29, 0.717) is 0 Å². The van der Waals surface area contributed by atoms with E-state index in [1.807, 2.05) is 0 Å². The topological polar surface area (TPSA) is 12.5 Å². The van der Waals surface area contributed by atoms with Gasteiger partial charge in [-0.25, -0.2) is 0 Å². The fourth-order valence-corrected chi connectivity index (χ4v) is 2.43. The van der Waals surface area contributed by atoms with E-state index in [1.54, 1.807) is 0 Å². The number of piperidine rings is 1. The number of hydrogen-bond acceptors (Lipinski definition) is 2. The van der Waals surface area contributed by atoms with Crippen LogP contribution in [0.25, 0.3) is 0 Å². The van der Waals surface area contributed by atoms with Crippen LogP contribution in [0.5, 0.6) is 0 Å². The molecule has 1 aliphatic rings. The lowest BCUT2D eigenvalue weighted by molar-refractivity contribution is 0.0885. The standard InChI is InChI=1S/C15H31NO/c1-13(2)7-11-17-12-8-15-5-9-16(10-6-15)14(3)4/h13-15H,5-12H2,1-4H3. The van der Waals surface area contributed by atoms with Crippen molar-refractivity contribution in [2.45, 2.75) is 59.4 Å². The molecule has 1 rings (SSSR count). The Balaban J connectivity index is 1.99. The summed E-state index contributed by atoms with van der Waals surface area (Å²) in [5, 5.41) is 0. The van der Waals surface area contributed by atoms with Crippen LogP contribution in [0.15, 0.2) is 0 Å². The van der Waals surface area contributed by atoms with E-state index in [0.717, 1.165) is 31.1 Å². The lowest BCUT2D eigenvalue weighted by Gasteiger charge is -2.34. The van der Waals surface area contributed by atoms with Gasteiger partial charge in [0.25, 0.3) is 0 Å². The summed E-state index contributed by atoms with van der Waals surface area (Å²) >= 11 is 0. The normalized spacial score (nSPS) is 19.4. The summed E-state index contributed by atoms with van der Waals surface area (Å²) in [5.74, 6) is 1.67. The Labute approximate surface area is 108 Å². The molecule has 102 valence electrons. The summed E-state index contributed by atoms with van der Waals surface area (Å²) in [6, 6.07) is 0.721. The van der Waals surface area contributed by atoms with Gasteiger partial charge in [0.05, 0.1) is 0 Å². The fraction of sp³-hybridized carbons (Fsp3) is 1.00. The molecule has 0 amide bonds. The highest BCUT2D eigenvalue weighted by atomic mass is 16.5. The van der Waals surface area contributed by atoms with Crippen LogP contribution >= 0.6 is 0 Å². The maximum absolute atomic E-state index is 5.71. The van der Waals surface area contributed by atoms with E-state index in [2.05, 4.69) is 32.6 Å². The molecule has 0 aromatic rings. The van der Waals surface area contributed by atoms with Crippen molar-refractivity contribution in [3.8, 4) is 0 Å². The summed E-state index contributed by atoms with van der Waals surface area (Å²) in [7, 11) is 0. The average Bonchev–Trinajstić information content (AvgIpc) is 2.29. The molecule has 0 unspecified atom stereocenters. The van der Waals surface area contributed by atoms with Crippen LogP contribution in [0.4, 0.5) is 0 Å². The molecule has 0 aromatic carbocycles. The minimum absolute atomic E-state index is 0.721. The molecule has 0 bridgehead atoms. The van der Waals surface area contributed by atoms with Gasteiger partial charge in [-0.2, -0.15) is 0 Å². The molecule has 0 atom stereocenters. The first-order chi connectivity index (χ1) is 8.09. The van der Waals surface area contributed by atoms with Gasteiger partial charge in [0.2, 0.25) is 0 Å². The van der Waals surface area contributed by atoms with Crippen LogP contribution < -0.4 is 0 Å². The zero-order valence-electron chi connectivity index (χ0n) is 12.2. The van der Waals surface area contributed by atoms with Crippen LogP contribution in [0.2, 0.25) is 0 Å². The Bertz CT molecular complexity index is 183. The SMILES string of the molecule is CC(C)CCOCCC1CCN(C(C)C)CC1. The van der Waals surface area contributed by atoms with Crippen molar-refractivity contribution in [2.24, 2.45) is 11.8 Å². The van der Waals surface area contributed by atoms with E-state index in [9.17, 15) is 0 Å². The quantitative estimate of drug-likeness (QED) is 0.632. The zero-order valence-corrected chi connectivity index (χ0v) is 12.2. The largest absolute Gasteiger partial charge is 0.381 e. The van der Waals surface area contributed by atoms with Crippen molar-refractivity contribution >= 4 is 0 Å². The van der Waals surface area contributed by atoms with Crippen molar-refractivity contribution in [3.05, 3.63) is 0 Å². The van der Waals surface area contributed by atoms with E-state index in [4.69, 9.17) is 4.74 Å². The van der Waals surface area contributed by atoms with Crippen LogP contribution in [0.1, 0.15) is 53.4 Å². The summed E-state index contributed by atoms with van der Waals surface area (Å²) in [6.45, 7) is 13.6. The molecule has 0 spiro atoms. The second kappa shape index (κ2) is 8.10. The van der Waals surface area contributed by atoms with Crippen LogP contribution in [0, 0.1) is 11.8 Å². The molecule has 2 nitrogen and oxygen atoms in total. The molecular formula is C15H31NO. The Hall–Kier alpha value is -0.0800. The molecule has 1 fully saturated rings. The van der Waals surface area contributed by atoms with Crippen molar-refractivity contribution in [1.29, 1.82) is 0 Å². The van der Waals surface area contributed by atoms with Gasteiger partial charge in [-0.15, -0.1) is 0 Å². The number of rotatable bonds is 7. The molecule has 17 heavy (non-hydrogen) atoms. The number of nitrogens with zero attached hydrogens (tertiary/aromatic N) is 1. The maximum atomic E-state index is 5.71. The molecule has 1 heterocycles. The Morgan fingerprint density at radius 3 is 2.24 bits per heavy atom. The Morgan fingerprint density at radius 2 is 1.71 bits per heavy atom. The Morgan fingerprint density at radius 1 is 1.06 bits per heavy atom. The zero-order chi connectivity index (χ0) is 12.7. The highest BCUT2D eigenvalue weighted by Gasteiger charge is 2.20. The van der Waals surface area contributed by atoms with Gasteiger partial charge in [-0.05, 0) is 64.5 Å². The van der Waals surface area contributed by atoms with Crippen molar-refractivity contribution in [3.63, 3.8) is 0 Å². The molecule has 0 N–H and O–H groups in total. The smallest absolute Gasteiger partial charge is 0.0468 e. The summed E-state index contributed by atoms with van der Waals surface area (Å²) < 4.78 is 5.71. The summed E-state index contributed by atoms with van der Waals surface area (Å²) in [4.78, 5) is 2.59. The first kappa shape index (κ1) is 15.0. The highest BCUT2D eigenvalue weighted by molar-refractivity contribution is 4.74. The van der Waals surface area contributed by atoms with E-state index in [-0.39, 0.29) is 0 Å². The molecular weight excluding hydrogens is 210 g/mol. The predicted octanol–water partition coefficient (Wildman–Crippen LogP) is 3.56. The maximum Gasteiger partial charge on any atom is 0.0468 e. The van der Waals surface area contributed by atoms with Gasteiger partial charge in [0.1, 0.15) is 0 Å². The molecule has 0 saturated carbocycles. The molecule has 0 aromatic heterocycles. The second-order valence-corrected chi connectivity index (χ2v) is 6.16. The predicted molar refractivity (Wildman–Crippen MR) is 74.3 cm³/mol. The molecule has 0 aliphatic carbocycles. The number of hydrogen-bond donors (Lipinski definition) is 0. The average molecular weight is 241 g/mol. The fourth-order valence-electron chi connectivity index (χ4n) is 2.43.